The van der Waals surface area contributed by atoms with Gasteiger partial charge in [0.05, 0.1) is 21.5 Å². The number of benzene rings is 1. The van der Waals surface area contributed by atoms with Crippen LogP contribution in [0.5, 0.6) is 0 Å². The third-order valence-corrected chi connectivity index (χ3v) is 3.24. The summed E-state index contributed by atoms with van der Waals surface area (Å²) in [4.78, 5) is 48.2. The second-order valence-corrected chi connectivity index (χ2v) is 5.13. The molecule has 0 amide bonds. The third kappa shape index (κ3) is 3.99. The molecule has 0 saturated carbocycles. The number of nitro groups is 2. The predicted molar refractivity (Wildman–Crippen MR) is 85.1 cm³/mol. The van der Waals surface area contributed by atoms with Gasteiger partial charge in [-0.15, -0.1) is 0 Å². The van der Waals surface area contributed by atoms with E-state index in [-0.39, 0.29) is 11.5 Å². The number of allylic oxidation sites excluding steroid dienone is 4. The van der Waals surface area contributed by atoms with Crippen molar-refractivity contribution in [1.82, 2.24) is 0 Å². The Labute approximate surface area is 140 Å². The molecule has 0 N–H and O–H groups in total. The molecule has 1 aromatic rings. The van der Waals surface area contributed by atoms with Gasteiger partial charge in [0.15, 0.2) is 5.78 Å². The van der Waals surface area contributed by atoms with Gasteiger partial charge in [0, 0.05) is 12.1 Å². The number of Topliss-reactive ketones (excluding diaryl/α,β-unsaturated/α-hetero) is 1. The van der Waals surface area contributed by atoms with Gasteiger partial charge in [-0.1, -0.05) is 5.16 Å². The molecule has 0 fully saturated rings. The molecule has 128 valence electrons. The maximum absolute atomic E-state index is 12.0. The van der Waals surface area contributed by atoms with Crippen LogP contribution in [-0.4, -0.2) is 27.3 Å². The van der Waals surface area contributed by atoms with Crippen molar-refractivity contribution in [3.05, 3.63) is 67.3 Å². The first kappa shape index (κ1) is 17.7. The smallest absolute Gasteiger partial charge is 0.312 e. The lowest BCUT2D eigenvalue weighted by molar-refractivity contribution is -0.394. The Morgan fingerprint density at radius 1 is 1.00 bits per heavy atom. The summed E-state index contributed by atoms with van der Waals surface area (Å²) in [5.41, 5.74) is -0.630. The van der Waals surface area contributed by atoms with Crippen molar-refractivity contribution in [3.8, 4) is 0 Å². The maximum atomic E-state index is 12.0. The molecule has 0 heterocycles. The highest BCUT2D eigenvalue weighted by molar-refractivity contribution is 6.21. The number of rotatable bonds is 4. The normalized spacial score (nSPS) is 13.7. The van der Waals surface area contributed by atoms with E-state index in [9.17, 15) is 29.8 Å². The first-order valence-electron chi connectivity index (χ1n) is 6.83. The summed E-state index contributed by atoms with van der Waals surface area (Å²) >= 11 is 0. The van der Waals surface area contributed by atoms with Gasteiger partial charge < -0.3 is 4.84 Å². The van der Waals surface area contributed by atoms with Crippen molar-refractivity contribution in [3.63, 3.8) is 0 Å². The van der Waals surface area contributed by atoms with E-state index >= 15 is 0 Å². The Bertz CT molecular complexity index is 840. The molecule has 1 aliphatic carbocycles. The minimum atomic E-state index is -1.10. The second kappa shape index (κ2) is 6.83. The summed E-state index contributed by atoms with van der Waals surface area (Å²) in [6.07, 6.45) is 2.80. The van der Waals surface area contributed by atoms with E-state index in [0.29, 0.717) is 11.1 Å². The molecular weight excluding hydrogens is 334 g/mol. The minimum absolute atomic E-state index is 0.167. The van der Waals surface area contributed by atoms with Crippen LogP contribution in [-0.2, 0) is 9.63 Å². The number of non-ortho nitro benzene ring substituents is 2. The van der Waals surface area contributed by atoms with Gasteiger partial charge in [0.25, 0.3) is 11.4 Å². The first-order valence-corrected chi connectivity index (χ1v) is 6.83. The standard InChI is InChI=1S/C15H11N3O7/c1-8-3-11(4-9(2)14(8)19)16-25-15(20)10-5-12(17(21)22)7-13(6-10)18(23)24/h3-7H,1-2H3. The van der Waals surface area contributed by atoms with Gasteiger partial charge >= 0.3 is 5.97 Å². The van der Waals surface area contributed by atoms with Gasteiger partial charge in [-0.3, -0.25) is 25.0 Å². The van der Waals surface area contributed by atoms with Crippen molar-refractivity contribution in [2.45, 2.75) is 13.8 Å². The van der Waals surface area contributed by atoms with E-state index < -0.39 is 32.8 Å². The molecule has 1 aliphatic rings. The molecule has 0 radical (unpaired) electrons. The van der Waals surface area contributed by atoms with Crippen LogP contribution in [0.1, 0.15) is 24.2 Å². The Balaban J connectivity index is 2.30. The predicted octanol–water partition coefficient (Wildman–Crippen LogP) is 2.49. The third-order valence-electron chi connectivity index (χ3n) is 3.24. The van der Waals surface area contributed by atoms with Crippen molar-refractivity contribution < 1.29 is 24.3 Å². The van der Waals surface area contributed by atoms with Crippen LogP contribution in [0.3, 0.4) is 0 Å². The van der Waals surface area contributed by atoms with E-state index in [2.05, 4.69) is 9.99 Å². The topological polar surface area (TPSA) is 142 Å². The molecule has 10 nitrogen and oxygen atoms in total. The summed E-state index contributed by atoms with van der Waals surface area (Å²) in [6, 6.07) is 2.43. The molecule has 10 heteroatoms. The average Bonchev–Trinajstić information content (AvgIpc) is 2.56. The monoisotopic (exact) mass is 345 g/mol. The molecule has 0 unspecified atom stereocenters. The largest absolute Gasteiger partial charge is 0.366 e. The molecule has 0 aromatic heterocycles. The van der Waals surface area contributed by atoms with E-state index in [0.717, 1.165) is 18.2 Å². The second-order valence-electron chi connectivity index (χ2n) is 5.13. The lowest BCUT2D eigenvalue weighted by Gasteiger charge is -2.08. The fourth-order valence-corrected chi connectivity index (χ4v) is 2.05. The van der Waals surface area contributed by atoms with Crippen LogP contribution in [0.15, 0.2) is 46.7 Å². The summed E-state index contributed by atoms with van der Waals surface area (Å²) in [5.74, 6) is -1.27. The maximum Gasteiger partial charge on any atom is 0.366 e. The first-order chi connectivity index (χ1) is 11.7. The van der Waals surface area contributed by atoms with E-state index in [1.807, 2.05) is 0 Å². The van der Waals surface area contributed by atoms with Gasteiger partial charge in [0.2, 0.25) is 0 Å². The molecule has 0 aliphatic heterocycles. The molecule has 25 heavy (non-hydrogen) atoms. The van der Waals surface area contributed by atoms with Crippen LogP contribution < -0.4 is 0 Å². The number of hydrogen-bond donors (Lipinski definition) is 0. The summed E-state index contributed by atoms with van der Waals surface area (Å²) < 4.78 is 0. The van der Waals surface area contributed by atoms with Crippen molar-refractivity contribution >= 4 is 28.8 Å². The van der Waals surface area contributed by atoms with Crippen LogP contribution >= 0.6 is 0 Å². The van der Waals surface area contributed by atoms with E-state index in [1.54, 1.807) is 13.8 Å². The molecule has 0 bridgehead atoms. The molecule has 1 aromatic carbocycles. The molecule has 0 atom stereocenters. The molecule has 2 rings (SSSR count). The average molecular weight is 345 g/mol. The Morgan fingerprint density at radius 3 is 1.92 bits per heavy atom. The number of nitrogens with zero attached hydrogens (tertiary/aromatic N) is 3. The number of ketones is 1. The summed E-state index contributed by atoms with van der Waals surface area (Å²) in [5, 5.41) is 25.2. The molecule has 0 saturated heterocycles. The fourth-order valence-electron chi connectivity index (χ4n) is 2.05. The summed E-state index contributed by atoms with van der Waals surface area (Å²) in [6.45, 7) is 3.14. The highest BCUT2D eigenvalue weighted by Crippen LogP contribution is 2.23. The SMILES string of the molecule is CC1=CC(=NOC(=O)c2cc([N+](=O)[O-])cc([N+](=O)[O-])c2)C=C(C)C1=O. The highest BCUT2D eigenvalue weighted by atomic mass is 16.7. The lowest BCUT2D eigenvalue weighted by atomic mass is 9.98. The highest BCUT2D eigenvalue weighted by Gasteiger charge is 2.21. The number of carbonyl (C=O) groups excluding carboxylic acids is 2. The Kier molecular flexibility index (Phi) is 4.82. The fraction of sp³-hybridized carbons (Fsp3) is 0.133. The Morgan fingerprint density at radius 2 is 1.48 bits per heavy atom. The van der Waals surface area contributed by atoms with Crippen LogP contribution in [0.4, 0.5) is 11.4 Å². The minimum Gasteiger partial charge on any atom is -0.312 e. The summed E-state index contributed by atoms with van der Waals surface area (Å²) in [7, 11) is 0. The van der Waals surface area contributed by atoms with Crippen molar-refractivity contribution in [1.29, 1.82) is 0 Å². The van der Waals surface area contributed by atoms with Crippen LogP contribution in [0.25, 0.3) is 0 Å². The molecular formula is C15H11N3O7. The van der Waals surface area contributed by atoms with Crippen molar-refractivity contribution in [2.24, 2.45) is 5.16 Å². The number of carbonyl (C=O) groups is 2. The van der Waals surface area contributed by atoms with Gasteiger partial charge in [-0.05, 0) is 37.1 Å². The van der Waals surface area contributed by atoms with Crippen molar-refractivity contribution in [2.75, 3.05) is 0 Å². The Hall–Kier alpha value is -3.69. The molecule has 0 spiro atoms. The van der Waals surface area contributed by atoms with Crippen LogP contribution in [0.2, 0.25) is 0 Å². The van der Waals surface area contributed by atoms with Crippen LogP contribution in [0, 0.1) is 20.2 Å². The lowest BCUT2D eigenvalue weighted by Crippen LogP contribution is -2.11. The quantitative estimate of drug-likeness (QED) is 0.353. The van der Waals surface area contributed by atoms with Gasteiger partial charge in [-0.25, -0.2) is 4.79 Å². The van der Waals surface area contributed by atoms with Gasteiger partial charge in [-0.2, -0.15) is 0 Å². The number of oxime groups is 1. The zero-order valence-corrected chi connectivity index (χ0v) is 13.1. The zero-order chi connectivity index (χ0) is 18.7. The van der Waals surface area contributed by atoms with E-state index in [1.165, 1.54) is 12.2 Å². The number of nitro benzene ring substituents is 2. The number of hydrogen-bond acceptors (Lipinski definition) is 8. The van der Waals surface area contributed by atoms with Gasteiger partial charge in [0.1, 0.15) is 5.71 Å². The zero-order valence-electron chi connectivity index (χ0n) is 13.1. The van der Waals surface area contributed by atoms with E-state index in [4.69, 9.17) is 0 Å².